The second-order valence-corrected chi connectivity index (χ2v) is 5.85. The molecule has 0 atom stereocenters. The van der Waals surface area contributed by atoms with E-state index < -0.39 is 11.6 Å². The SMILES string of the molecule is C/C=C/CCC1CCC(c2ccc(OC)c(F)c2F)CC1. The maximum Gasteiger partial charge on any atom is 0.200 e. The van der Waals surface area contributed by atoms with E-state index in [1.165, 1.54) is 19.6 Å². The molecule has 0 bridgehead atoms. The van der Waals surface area contributed by atoms with Crippen LogP contribution >= 0.6 is 0 Å². The second kappa shape index (κ2) is 7.58. The molecular weight excluding hydrogens is 270 g/mol. The van der Waals surface area contributed by atoms with Gasteiger partial charge in [-0.25, -0.2) is 4.39 Å². The van der Waals surface area contributed by atoms with E-state index >= 15 is 0 Å². The minimum atomic E-state index is -0.856. The molecular formula is C18H24F2O. The molecule has 1 nitrogen and oxygen atoms in total. The van der Waals surface area contributed by atoms with Crippen LogP contribution in [0.4, 0.5) is 8.78 Å². The molecule has 0 unspecified atom stereocenters. The van der Waals surface area contributed by atoms with Crippen LogP contribution in [0.2, 0.25) is 0 Å². The number of hydrogen-bond donors (Lipinski definition) is 0. The van der Waals surface area contributed by atoms with E-state index in [1.54, 1.807) is 6.07 Å². The number of rotatable bonds is 5. The highest BCUT2D eigenvalue weighted by Gasteiger charge is 2.26. The van der Waals surface area contributed by atoms with Crippen molar-refractivity contribution in [3.05, 3.63) is 41.5 Å². The molecule has 1 saturated carbocycles. The molecule has 0 aromatic heterocycles. The molecule has 1 aliphatic rings. The van der Waals surface area contributed by atoms with Gasteiger partial charge in [-0.2, -0.15) is 4.39 Å². The molecule has 0 aliphatic heterocycles. The van der Waals surface area contributed by atoms with Gasteiger partial charge >= 0.3 is 0 Å². The molecule has 0 spiro atoms. The number of allylic oxidation sites excluding steroid dienone is 2. The van der Waals surface area contributed by atoms with Crippen molar-refractivity contribution in [1.82, 2.24) is 0 Å². The van der Waals surface area contributed by atoms with Crippen LogP contribution < -0.4 is 4.74 Å². The minimum Gasteiger partial charge on any atom is -0.494 e. The lowest BCUT2D eigenvalue weighted by atomic mass is 9.77. The Hall–Kier alpha value is -1.38. The standard InChI is InChI=1S/C18H24F2O/c1-3-4-5-6-13-7-9-14(10-8-13)15-11-12-16(21-2)18(20)17(15)19/h3-4,11-14H,5-10H2,1-2H3/b4-3+. The fraction of sp³-hybridized carbons (Fsp3) is 0.556. The zero-order valence-corrected chi connectivity index (χ0v) is 12.9. The average Bonchev–Trinajstić information content (AvgIpc) is 2.51. The van der Waals surface area contributed by atoms with Crippen LogP contribution in [0.25, 0.3) is 0 Å². The maximum absolute atomic E-state index is 14.1. The van der Waals surface area contributed by atoms with Gasteiger partial charge in [0.1, 0.15) is 0 Å². The summed E-state index contributed by atoms with van der Waals surface area (Å²) in [7, 11) is 1.35. The molecule has 1 aromatic rings. The first-order valence-electron chi connectivity index (χ1n) is 7.80. The van der Waals surface area contributed by atoms with Crippen LogP contribution in [0, 0.1) is 17.6 Å². The highest BCUT2D eigenvalue weighted by atomic mass is 19.2. The predicted molar refractivity (Wildman–Crippen MR) is 81.7 cm³/mol. The van der Waals surface area contributed by atoms with Crippen molar-refractivity contribution in [2.45, 2.75) is 51.4 Å². The topological polar surface area (TPSA) is 9.23 Å². The number of hydrogen-bond acceptors (Lipinski definition) is 1. The molecule has 0 amide bonds. The third-order valence-electron chi connectivity index (χ3n) is 4.56. The Bertz CT molecular complexity index is 488. The van der Waals surface area contributed by atoms with Crippen LogP contribution in [0.5, 0.6) is 5.75 Å². The average molecular weight is 294 g/mol. The summed E-state index contributed by atoms with van der Waals surface area (Å²) < 4.78 is 32.7. The molecule has 2 rings (SSSR count). The van der Waals surface area contributed by atoms with E-state index in [9.17, 15) is 8.78 Å². The summed E-state index contributed by atoms with van der Waals surface area (Å²) in [5.74, 6) is -0.736. The summed E-state index contributed by atoms with van der Waals surface area (Å²) in [5.41, 5.74) is 0.514. The van der Waals surface area contributed by atoms with Crippen molar-refractivity contribution in [2.24, 2.45) is 5.92 Å². The fourth-order valence-electron chi connectivity index (χ4n) is 3.28. The first kappa shape index (κ1) is 16.0. The van der Waals surface area contributed by atoms with Gasteiger partial charge in [0.15, 0.2) is 11.6 Å². The Morgan fingerprint density at radius 1 is 1.14 bits per heavy atom. The van der Waals surface area contributed by atoms with Gasteiger partial charge in [-0.15, -0.1) is 0 Å². The first-order chi connectivity index (χ1) is 10.2. The van der Waals surface area contributed by atoms with Crippen LogP contribution in [-0.4, -0.2) is 7.11 Å². The summed E-state index contributed by atoms with van der Waals surface area (Å²) in [5, 5.41) is 0. The van der Waals surface area contributed by atoms with E-state index in [0.717, 1.165) is 38.0 Å². The quantitative estimate of drug-likeness (QED) is 0.642. The van der Waals surface area contributed by atoms with Crippen LogP contribution in [0.3, 0.4) is 0 Å². The summed E-state index contributed by atoms with van der Waals surface area (Å²) in [6.45, 7) is 2.04. The predicted octanol–water partition coefficient (Wildman–Crippen LogP) is 5.60. The van der Waals surface area contributed by atoms with Crippen molar-refractivity contribution in [2.75, 3.05) is 7.11 Å². The van der Waals surface area contributed by atoms with Crippen LogP contribution in [-0.2, 0) is 0 Å². The maximum atomic E-state index is 14.1. The summed E-state index contributed by atoms with van der Waals surface area (Å²) in [6, 6.07) is 3.22. The van der Waals surface area contributed by atoms with Gasteiger partial charge in [0, 0.05) is 0 Å². The summed E-state index contributed by atoms with van der Waals surface area (Å²) in [6.07, 6.45) is 10.7. The molecule has 0 saturated heterocycles. The Morgan fingerprint density at radius 2 is 1.86 bits per heavy atom. The number of methoxy groups -OCH3 is 1. The highest BCUT2D eigenvalue weighted by molar-refractivity contribution is 5.33. The Balaban J connectivity index is 1.98. The summed E-state index contributed by atoms with van der Waals surface area (Å²) >= 11 is 0. The van der Waals surface area contributed by atoms with Gasteiger partial charge in [0.2, 0.25) is 5.82 Å². The first-order valence-corrected chi connectivity index (χ1v) is 7.80. The van der Waals surface area contributed by atoms with Crippen molar-refractivity contribution < 1.29 is 13.5 Å². The lowest BCUT2D eigenvalue weighted by molar-refractivity contribution is 0.304. The Morgan fingerprint density at radius 3 is 2.48 bits per heavy atom. The van der Waals surface area contributed by atoms with Crippen LogP contribution in [0.1, 0.15) is 56.9 Å². The third-order valence-corrected chi connectivity index (χ3v) is 4.56. The Labute approximate surface area is 126 Å². The van der Waals surface area contributed by atoms with Crippen LogP contribution in [0.15, 0.2) is 24.3 Å². The number of benzene rings is 1. The normalized spacial score (nSPS) is 22.7. The largest absolute Gasteiger partial charge is 0.494 e. The lowest BCUT2D eigenvalue weighted by Crippen LogP contribution is -2.15. The molecule has 3 heteroatoms. The monoisotopic (exact) mass is 294 g/mol. The fourth-order valence-corrected chi connectivity index (χ4v) is 3.28. The van der Waals surface area contributed by atoms with E-state index in [-0.39, 0.29) is 11.7 Å². The number of ether oxygens (including phenoxy) is 1. The van der Waals surface area contributed by atoms with Gasteiger partial charge in [0.25, 0.3) is 0 Å². The van der Waals surface area contributed by atoms with E-state index in [2.05, 4.69) is 12.2 Å². The molecule has 1 aromatic carbocycles. The van der Waals surface area contributed by atoms with Crippen molar-refractivity contribution in [3.63, 3.8) is 0 Å². The van der Waals surface area contributed by atoms with Gasteiger partial charge < -0.3 is 4.74 Å². The van der Waals surface area contributed by atoms with Gasteiger partial charge in [-0.05, 0) is 68.9 Å². The minimum absolute atomic E-state index is 0.0173. The highest BCUT2D eigenvalue weighted by Crippen LogP contribution is 2.39. The van der Waals surface area contributed by atoms with E-state index in [4.69, 9.17) is 4.74 Å². The molecule has 21 heavy (non-hydrogen) atoms. The summed E-state index contributed by atoms with van der Waals surface area (Å²) in [4.78, 5) is 0. The number of halogens is 2. The van der Waals surface area contributed by atoms with Gasteiger partial charge in [0.05, 0.1) is 7.11 Å². The molecule has 0 heterocycles. The third kappa shape index (κ3) is 3.84. The van der Waals surface area contributed by atoms with E-state index in [0.29, 0.717) is 5.56 Å². The molecule has 1 fully saturated rings. The molecule has 116 valence electrons. The van der Waals surface area contributed by atoms with Gasteiger partial charge in [-0.1, -0.05) is 18.2 Å². The second-order valence-electron chi connectivity index (χ2n) is 5.85. The van der Waals surface area contributed by atoms with E-state index in [1.807, 2.05) is 6.92 Å². The van der Waals surface area contributed by atoms with Crippen molar-refractivity contribution in [3.8, 4) is 5.75 Å². The molecule has 1 aliphatic carbocycles. The smallest absolute Gasteiger partial charge is 0.200 e. The van der Waals surface area contributed by atoms with Crippen molar-refractivity contribution in [1.29, 1.82) is 0 Å². The molecule has 0 radical (unpaired) electrons. The van der Waals surface area contributed by atoms with Crippen molar-refractivity contribution >= 4 is 0 Å². The zero-order valence-electron chi connectivity index (χ0n) is 12.9. The molecule has 0 N–H and O–H groups in total. The Kier molecular flexibility index (Phi) is 5.77. The van der Waals surface area contributed by atoms with Gasteiger partial charge in [-0.3, -0.25) is 0 Å². The zero-order chi connectivity index (χ0) is 15.2. The lowest BCUT2D eigenvalue weighted by Gasteiger charge is -2.29.